The Morgan fingerprint density at radius 2 is 2.08 bits per heavy atom. The van der Waals surface area contributed by atoms with Crippen LogP contribution < -0.4 is 5.32 Å². The Bertz CT molecular complexity index is 817. The molecule has 25 heavy (non-hydrogen) atoms. The number of benzene rings is 1. The van der Waals surface area contributed by atoms with E-state index >= 15 is 0 Å². The monoisotopic (exact) mass is 371 g/mol. The van der Waals surface area contributed by atoms with Crippen LogP contribution in [0.4, 0.5) is 18.9 Å². The maximum Gasteiger partial charge on any atom is 0.425 e. The Hall–Kier alpha value is -2.25. The second kappa shape index (κ2) is 6.24. The van der Waals surface area contributed by atoms with Crippen LogP contribution in [-0.4, -0.2) is 18.2 Å². The molecule has 3 rings (SSSR count). The lowest BCUT2D eigenvalue weighted by molar-refractivity contribution is -0.270. The summed E-state index contributed by atoms with van der Waals surface area (Å²) in [5.41, 5.74) is -3.17. The molecule has 0 aliphatic carbocycles. The van der Waals surface area contributed by atoms with E-state index in [0.717, 1.165) is 18.2 Å². The van der Waals surface area contributed by atoms with Crippen LogP contribution in [0.15, 0.2) is 47.1 Å². The second-order valence-corrected chi connectivity index (χ2v) is 5.96. The molecule has 0 spiro atoms. The summed E-state index contributed by atoms with van der Waals surface area (Å²) in [5, 5.41) is 2.53. The van der Waals surface area contributed by atoms with Gasteiger partial charge in [0.15, 0.2) is 0 Å². The first-order valence-corrected chi connectivity index (χ1v) is 7.69. The number of alkyl halides is 3. The van der Waals surface area contributed by atoms with Gasteiger partial charge in [0.1, 0.15) is 11.9 Å². The van der Waals surface area contributed by atoms with Crippen LogP contribution in [0.5, 0.6) is 0 Å². The number of halogens is 4. The van der Waals surface area contributed by atoms with E-state index in [9.17, 15) is 18.0 Å². The lowest BCUT2D eigenvalue weighted by Crippen LogP contribution is -2.45. The molecule has 0 unspecified atom stereocenters. The van der Waals surface area contributed by atoms with Crippen LogP contribution in [-0.2, 0) is 15.1 Å². The number of ether oxygens (including phenoxy) is 1. The highest BCUT2D eigenvalue weighted by Gasteiger charge is 2.59. The number of furan rings is 1. The first kappa shape index (κ1) is 17.6. The highest BCUT2D eigenvalue weighted by molar-refractivity contribution is 6.30. The predicted octanol–water partition coefficient (Wildman–Crippen LogP) is 4.76. The molecule has 2 atom stereocenters. The Kier molecular flexibility index (Phi) is 4.38. The van der Waals surface area contributed by atoms with Gasteiger partial charge in [-0.15, -0.1) is 0 Å². The number of rotatable bonds is 2. The molecular weight excluding hydrogens is 359 g/mol. The molecule has 0 bridgehead atoms. The van der Waals surface area contributed by atoms with Gasteiger partial charge < -0.3 is 14.5 Å². The largest absolute Gasteiger partial charge is 0.465 e. The predicted molar refractivity (Wildman–Crippen MR) is 86.1 cm³/mol. The van der Waals surface area contributed by atoms with E-state index in [1.54, 1.807) is 6.07 Å². The minimum atomic E-state index is -4.85. The maximum absolute atomic E-state index is 14.1. The minimum absolute atomic E-state index is 0.0137. The first-order chi connectivity index (χ1) is 11.7. The maximum atomic E-state index is 14.1. The molecular formula is C17H13ClF3NO3. The van der Waals surface area contributed by atoms with Gasteiger partial charge in [-0.05, 0) is 49.4 Å². The normalized spacial score (nSPS) is 24.0. The van der Waals surface area contributed by atoms with Gasteiger partial charge in [-0.1, -0.05) is 11.6 Å². The molecule has 1 aliphatic heterocycles. The van der Waals surface area contributed by atoms with Gasteiger partial charge in [0.05, 0.1) is 6.26 Å². The first-order valence-electron chi connectivity index (χ1n) is 7.31. The van der Waals surface area contributed by atoms with Gasteiger partial charge in [-0.3, -0.25) is 4.79 Å². The quantitative estimate of drug-likeness (QED) is 0.828. The molecule has 132 valence electrons. The molecule has 0 fully saturated rings. The van der Waals surface area contributed by atoms with Gasteiger partial charge in [-0.2, -0.15) is 13.2 Å². The zero-order chi connectivity index (χ0) is 18.2. The van der Waals surface area contributed by atoms with Gasteiger partial charge in [0, 0.05) is 16.3 Å². The van der Waals surface area contributed by atoms with Crippen LogP contribution >= 0.6 is 11.6 Å². The second-order valence-electron chi connectivity index (χ2n) is 5.52. The molecule has 1 aromatic carbocycles. The fourth-order valence-corrected chi connectivity index (χ4v) is 2.76. The van der Waals surface area contributed by atoms with Crippen molar-refractivity contribution < 1.29 is 27.1 Å². The molecule has 1 aliphatic rings. The Morgan fingerprint density at radius 3 is 2.72 bits per heavy atom. The third-order valence-corrected chi connectivity index (χ3v) is 4.05. The number of anilines is 1. The van der Waals surface area contributed by atoms with Crippen molar-refractivity contribution in [2.24, 2.45) is 0 Å². The van der Waals surface area contributed by atoms with Crippen molar-refractivity contribution in [2.75, 3.05) is 5.32 Å². The highest BCUT2D eigenvalue weighted by Crippen LogP contribution is 2.49. The van der Waals surface area contributed by atoms with Gasteiger partial charge in [-0.25, -0.2) is 0 Å². The molecule has 8 heteroatoms. The van der Waals surface area contributed by atoms with Crippen LogP contribution in [0.25, 0.3) is 6.08 Å². The number of carbonyl (C=O) groups excluding carboxylic acids is 1. The molecule has 4 nitrogen and oxygen atoms in total. The zero-order valence-electron chi connectivity index (χ0n) is 12.9. The smallest absolute Gasteiger partial charge is 0.425 e. The van der Waals surface area contributed by atoms with Crippen molar-refractivity contribution in [1.82, 2.24) is 0 Å². The minimum Gasteiger partial charge on any atom is -0.465 e. The Morgan fingerprint density at radius 1 is 1.32 bits per heavy atom. The molecule has 1 amide bonds. The molecule has 2 heterocycles. The average molecular weight is 372 g/mol. The van der Waals surface area contributed by atoms with Crippen LogP contribution in [0.2, 0.25) is 5.02 Å². The number of hydrogen-bond acceptors (Lipinski definition) is 3. The lowest BCUT2D eigenvalue weighted by Gasteiger charge is -2.34. The van der Waals surface area contributed by atoms with Crippen LogP contribution in [0, 0.1) is 0 Å². The summed E-state index contributed by atoms with van der Waals surface area (Å²) >= 11 is 5.90. The van der Waals surface area contributed by atoms with E-state index < -0.39 is 23.8 Å². The van der Waals surface area contributed by atoms with Crippen molar-refractivity contribution in [3.63, 3.8) is 0 Å². The summed E-state index contributed by atoms with van der Waals surface area (Å²) in [6.07, 6.45) is -2.87. The van der Waals surface area contributed by atoms with Crippen molar-refractivity contribution in [2.45, 2.75) is 24.8 Å². The molecule has 0 saturated heterocycles. The molecule has 0 saturated carbocycles. The summed E-state index contributed by atoms with van der Waals surface area (Å²) in [6.45, 7) is 1.25. The lowest BCUT2D eigenvalue weighted by atomic mass is 9.90. The third kappa shape index (κ3) is 3.17. The van der Waals surface area contributed by atoms with E-state index in [1.807, 2.05) is 0 Å². The number of carbonyl (C=O) groups is 1. The van der Waals surface area contributed by atoms with Crippen LogP contribution in [0.3, 0.4) is 0 Å². The fourth-order valence-electron chi connectivity index (χ4n) is 2.59. The summed E-state index contributed by atoms with van der Waals surface area (Å²) in [6, 6.07) is 6.90. The summed E-state index contributed by atoms with van der Waals surface area (Å²) in [5.74, 6) is -0.465. The van der Waals surface area contributed by atoms with E-state index in [0.29, 0.717) is 0 Å². The third-order valence-electron chi connectivity index (χ3n) is 3.82. The van der Waals surface area contributed by atoms with Crippen molar-refractivity contribution in [1.29, 1.82) is 0 Å². The van der Waals surface area contributed by atoms with Gasteiger partial charge in [0.25, 0.3) is 5.91 Å². The molecule has 1 aromatic heterocycles. The van der Waals surface area contributed by atoms with Gasteiger partial charge in [0.2, 0.25) is 5.60 Å². The Balaban J connectivity index is 2.25. The average Bonchev–Trinajstić information content (AvgIpc) is 3.01. The van der Waals surface area contributed by atoms with E-state index in [2.05, 4.69) is 5.32 Å². The summed E-state index contributed by atoms with van der Waals surface area (Å²) in [4.78, 5) is 12.0. The van der Waals surface area contributed by atoms with E-state index in [4.69, 9.17) is 20.8 Å². The van der Waals surface area contributed by atoms with E-state index in [-0.39, 0.29) is 22.0 Å². The summed E-state index contributed by atoms with van der Waals surface area (Å²) in [7, 11) is 0. The van der Waals surface area contributed by atoms with Crippen molar-refractivity contribution in [3.05, 3.63) is 59.0 Å². The zero-order valence-corrected chi connectivity index (χ0v) is 13.7. The van der Waals surface area contributed by atoms with Crippen molar-refractivity contribution >= 4 is 29.3 Å². The van der Waals surface area contributed by atoms with Gasteiger partial charge >= 0.3 is 6.18 Å². The fraction of sp³-hybridized carbons (Fsp3) is 0.235. The number of nitrogens with one attached hydrogen (secondary N) is 1. The van der Waals surface area contributed by atoms with E-state index in [1.165, 1.54) is 31.4 Å². The Labute approximate surface area is 146 Å². The topological polar surface area (TPSA) is 51.5 Å². The number of amides is 1. The van der Waals surface area contributed by atoms with Crippen LogP contribution in [0.1, 0.15) is 18.2 Å². The number of fused-ring (bicyclic) bond motifs is 1. The molecule has 0 radical (unpaired) electrons. The SMILES string of the molecule is C[C@@H]1O[C@](C=Cc2ccco2)(C(F)(F)F)c2cc(Cl)ccc2NC1=O. The molecule has 2 aromatic rings. The summed E-state index contributed by atoms with van der Waals surface area (Å²) < 4.78 is 52.7. The van der Waals surface area contributed by atoms with Crippen molar-refractivity contribution in [3.8, 4) is 0 Å². The highest BCUT2D eigenvalue weighted by atomic mass is 35.5. The number of hydrogen-bond donors (Lipinski definition) is 1. The standard InChI is InChI=1S/C17H13ClF3NO3/c1-10-15(23)22-14-5-4-11(18)9-13(14)16(25-10,17(19,20)21)7-6-12-3-2-8-24-12/h2-10H,1H3,(H,22,23)/t10-,16-/m0/s1. The molecule has 1 N–H and O–H groups in total.